The van der Waals surface area contributed by atoms with Crippen molar-refractivity contribution < 1.29 is 19.1 Å². The number of esters is 2. The van der Waals surface area contributed by atoms with Crippen molar-refractivity contribution in [3.05, 3.63) is 84.1 Å². The van der Waals surface area contributed by atoms with E-state index in [1.807, 2.05) is 12.1 Å². The van der Waals surface area contributed by atoms with Crippen LogP contribution >= 0.6 is 0 Å². The van der Waals surface area contributed by atoms with Gasteiger partial charge >= 0.3 is 11.9 Å². The minimum Gasteiger partial charge on any atom is -0.465 e. The highest BCUT2D eigenvalue weighted by atomic mass is 16.5. The van der Waals surface area contributed by atoms with Crippen molar-refractivity contribution in [2.75, 3.05) is 7.11 Å². The Morgan fingerprint density at radius 2 is 1.60 bits per heavy atom. The third-order valence-corrected chi connectivity index (χ3v) is 3.56. The van der Waals surface area contributed by atoms with E-state index in [4.69, 9.17) is 9.47 Å². The fraction of sp³-hybridized carbons (Fsp3) is 0.0500. The summed E-state index contributed by atoms with van der Waals surface area (Å²) in [7, 11) is 1.30. The second-order valence-corrected chi connectivity index (χ2v) is 5.17. The molecule has 1 aromatic heterocycles. The monoisotopic (exact) mass is 333 g/mol. The summed E-state index contributed by atoms with van der Waals surface area (Å²) in [6, 6.07) is 18.8. The molecule has 25 heavy (non-hydrogen) atoms. The molecule has 0 aliphatic heterocycles. The van der Waals surface area contributed by atoms with Gasteiger partial charge in [0.1, 0.15) is 5.75 Å². The van der Waals surface area contributed by atoms with Gasteiger partial charge in [0.05, 0.1) is 23.9 Å². The first-order valence-corrected chi connectivity index (χ1v) is 7.60. The highest BCUT2D eigenvalue weighted by molar-refractivity contribution is 5.94. The van der Waals surface area contributed by atoms with Crippen LogP contribution < -0.4 is 4.74 Å². The first-order valence-electron chi connectivity index (χ1n) is 7.60. The van der Waals surface area contributed by atoms with Crippen molar-refractivity contribution in [2.45, 2.75) is 0 Å². The number of aromatic nitrogens is 1. The van der Waals surface area contributed by atoms with Gasteiger partial charge in [-0.1, -0.05) is 24.3 Å². The van der Waals surface area contributed by atoms with Crippen molar-refractivity contribution in [1.82, 2.24) is 4.98 Å². The van der Waals surface area contributed by atoms with Crippen LogP contribution in [0.3, 0.4) is 0 Å². The molecule has 0 spiro atoms. The molecule has 2 aromatic carbocycles. The van der Waals surface area contributed by atoms with Gasteiger partial charge in [0.25, 0.3) is 0 Å². The third kappa shape index (κ3) is 3.72. The van der Waals surface area contributed by atoms with Gasteiger partial charge in [-0.05, 0) is 42.5 Å². The summed E-state index contributed by atoms with van der Waals surface area (Å²) in [5, 5.41) is 0. The number of ether oxygens (including phenoxy) is 2. The zero-order chi connectivity index (χ0) is 17.6. The van der Waals surface area contributed by atoms with Crippen LogP contribution in [-0.4, -0.2) is 24.0 Å². The number of hydrogen-bond donors (Lipinski definition) is 0. The van der Waals surface area contributed by atoms with Crippen molar-refractivity contribution in [1.29, 1.82) is 0 Å². The van der Waals surface area contributed by atoms with Gasteiger partial charge in [-0.2, -0.15) is 0 Å². The van der Waals surface area contributed by atoms with E-state index < -0.39 is 11.9 Å². The lowest BCUT2D eigenvalue weighted by Crippen LogP contribution is -2.10. The molecular formula is C20H15NO4. The van der Waals surface area contributed by atoms with Gasteiger partial charge < -0.3 is 9.47 Å². The molecule has 3 rings (SSSR count). The number of methoxy groups -OCH3 is 1. The van der Waals surface area contributed by atoms with Crippen LogP contribution in [0, 0.1) is 0 Å². The largest absolute Gasteiger partial charge is 0.465 e. The Hall–Kier alpha value is -3.47. The second-order valence-electron chi connectivity index (χ2n) is 5.17. The smallest absolute Gasteiger partial charge is 0.343 e. The van der Waals surface area contributed by atoms with Crippen LogP contribution in [0.2, 0.25) is 0 Å². The zero-order valence-electron chi connectivity index (χ0n) is 13.5. The van der Waals surface area contributed by atoms with E-state index in [2.05, 4.69) is 4.98 Å². The summed E-state index contributed by atoms with van der Waals surface area (Å²) in [6.45, 7) is 0. The Kier molecular flexibility index (Phi) is 4.85. The lowest BCUT2D eigenvalue weighted by atomic mass is 10.1. The van der Waals surface area contributed by atoms with Gasteiger partial charge in [0.15, 0.2) is 0 Å². The van der Waals surface area contributed by atoms with Crippen LogP contribution in [0.5, 0.6) is 5.75 Å². The normalized spacial score (nSPS) is 10.1. The molecule has 5 nitrogen and oxygen atoms in total. The van der Waals surface area contributed by atoms with Gasteiger partial charge in [-0.3, -0.25) is 4.98 Å². The fourth-order valence-electron chi connectivity index (χ4n) is 2.32. The van der Waals surface area contributed by atoms with E-state index in [1.165, 1.54) is 13.2 Å². The number of rotatable bonds is 4. The SMILES string of the molecule is COC(=O)c1ccc(-c2ccccn2)c(OC(=O)c2ccccc2)c1. The van der Waals surface area contributed by atoms with E-state index in [0.29, 0.717) is 16.8 Å². The van der Waals surface area contributed by atoms with Crippen molar-refractivity contribution in [2.24, 2.45) is 0 Å². The van der Waals surface area contributed by atoms with E-state index in [9.17, 15) is 9.59 Å². The molecule has 0 N–H and O–H groups in total. The van der Waals surface area contributed by atoms with E-state index >= 15 is 0 Å². The number of benzene rings is 2. The molecule has 5 heteroatoms. The number of nitrogens with zero attached hydrogens (tertiary/aromatic N) is 1. The summed E-state index contributed by atoms with van der Waals surface area (Å²) in [4.78, 5) is 28.5. The van der Waals surface area contributed by atoms with Gasteiger partial charge in [0, 0.05) is 11.8 Å². The quantitative estimate of drug-likeness (QED) is 0.537. The van der Waals surface area contributed by atoms with Crippen LogP contribution in [0.25, 0.3) is 11.3 Å². The number of hydrogen-bond acceptors (Lipinski definition) is 5. The molecule has 0 aliphatic rings. The lowest BCUT2D eigenvalue weighted by molar-refractivity contribution is 0.0597. The minimum absolute atomic E-state index is 0.246. The molecule has 0 aliphatic carbocycles. The number of carbonyl (C=O) groups excluding carboxylic acids is 2. The molecule has 0 amide bonds. The number of carbonyl (C=O) groups is 2. The topological polar surface area (TPSA) is 65.5 Å². The highest BCUT2D eigenvalue weighted by Crippen LogP contribution is 2.30. The van der Waals surface area contributed by atoms with Crippen LogP contribution in [0.1, 0.15) is 20.7 Å². The van der Waals surface area contributed by atoms with Gasteiger partial charge in [-0.15, -0.1) is 0 Å². The van der Waals surface area contributed by atoms with E-state index in [1.54, 1.807) is 54.7 Å². The van der Waals surface area contributed by atoms with Crippen molar-refractivity contribution in [3.8, 4) is 17.0 Å². The van der Waals surface area contributed by atoms with E-state index in [0.717, 1.165) is 0 Å². The Morgan fingerprint density at radius 3 is 2.28 bits per heavy atom. The van der Waals surface area contributed by atoms with Crippen molar-refractivity contribution in [3.63, 3.8) is 0 Å². The predicted molar refractivity (Wildman–Crippen MR) is 92.4 cm³/mol. The first-order chi connectivity index (χ1) is 12.2. The van der Waals surface area contributed by atoms with Crippen LogP contribution in [0.4, 0.5) is 0 Å². The standard InChI is InChI=1S/C20H15NO4/c1-24-19(22)15-10-11-16(17-9-5-6-12-21-17)18(13-15)25-20(23)14-7-3-2-4-8-14/h2-13H,1H3. The molecule has 0 bridgehead atoms. The molecule has 1 heterocycles. The second kappa shape index (κ2) is 7.40. The maximum absolute atomic E-state index is 12.4. The maximum atomic E-state index is 12.4. The predicted octanol–water partition coefficient (Wildman–Crippen LogP) is 3.75. The Labute approximate surface area is 144 Å². The molecule has 0 atom stereocenters. The first kappa shape index (κ1) is 16.4. The van der Waals surface area contributed by atoms with Gasteiger partial charge in [-0.25, -0.2) is 9.59 Å². The van der Waals surface area contributed by atoms with E-state index in [-0.39, 0.29) is 11.3 Å². The summed E-state index contributed by atoms with van der Waals surface area (Å²) in [6.07, 6.45) is 1.65. The van der Waals surface area contributed by atoms with Crippen molar-refractivity contribution >= 4 is 11.9 Å². The molecule has 0 radical (unpaired) electrons. The third-order valence-electron chi connectivity index (χ3n) is 3.56. The Balaban J connectivity index is 2.02. The zero-order valence-corrected chi connectivity index (χ0v) is 13.5. The summed E-state index contributed by atoms with van der Waals surface area (Å²) >= 11 is 0. The Bertz CT molecular complexity index is 892. The molecule has 3 aromatic rings. The maximum Gasteiger partial charge on any atom is 0.343 e. The lowest BCUT2D eigenvalue weighted by Gasteiger charge is -2.11. The average Bonchev–Trinajstić information content (AvgIpc) is 2.68. The molecule has 124 valence electrons. The molecule has 0 fully saturated rings. The Morgan fingerprint density at radius 1 is 0.840 bits per heavy atom. The molecule has 0 unspecified atom stereocenters. The van der Waals surface area contributed by atoms with Gasteiger partial charge in [0.2, 0.25) is 0 Å². The summed E-state index contributed by atoms with van der Waals surface area (Å²) in [5.41, 5.74) is 1.95. The summed E-state index contributed by atoms with van der Waals surface area (Å²) in [5.74, 6) is -0.778. The fourth-order valence-corrected chi connectivity index (χ4v) is 2.32. The molecule has 0 saturated heterocycles. The van der Waals surface area contributed by atoms with Crippen LogP contribution in [-0.2, 0) is 4.74 Å². The average molecular weight is 333 g/mol. The minimum atomic E-state index is -0.514. The molecular weight excluding hydrogens is 318 g/mol. The number of pyridine rings is 1. The van der Waals surface area contributed by atoms with Crippen LogP contribution in [0.15, 0.2) is 72.9 Å². The highest BCUT2D eigenvalue weighted by Gasteiger charge is 2.16. The summed E-state index contributed by atoms with van der Waals surface area (Å²) < 4.78 is 10.3. The molecule has 0 saturated carbocycles.